The van der Waals surface area contributed by atoms with Crippen LogP contribution in [0.15, 0.2) is 122 Å². The number of ether oxygens (including phenoxy) is 1. The smallest absolute Gasteiger partial charge is 0.135 e. The van der Waals surface area contributed by atoms with Crippen LogP contribution in [0.1, 0.15) is 50.7 Å². The number of rotatable bonds is 7. The Morgan fingerprint density at radius 2 is 1.39 bits per heavy atom. The van der Waals surface area contributed by atoms with Gasteiger partial charge >= 0.3 is 0 Å². The van der Waals surface area contributed by atoms with Crippen molar-refractivity contribution < 1.29 is 25.8 Å². The van der Waals surface area contributed by atoms with Gasteiger partial charge in [-0.3, -0.25) is 0 Å². The molecule has 0 N–H and O–H groups in total. The fraction of sp³-hybridized carbons (Fsp3) is 0.136. The summed E-state index contributed by atoms with van der Waals surface area (Å²) in [6.07, 6.45) is 6.05. The second-order valence-corrected chi connectivity index (χ2v) is 14.5. The predicted octanol–water partition coefficient (Wildman–Crippen LogP) is 12.1. The minimum atomic E-state index is 0. The summed E-state index contributed by atoms with van der Waals surface area (Å²) < 4.78 is 11.3. The first-order chi connectivity index (χ1) is 24.4. The molecule has 0 saturated heterocycles. The molecule has 4 heterocycles. The molecule has 0 fully saturated rings. The molecular weight excluding hydrogens is 828 g/mol. The molecule has 0 atom stereocenters. The van der Waals surface area contributed by atoms with Crippen LogP contribution in [-0.2, 0) is 21.1 Å². The van der Waals surface area contributed by atoms with Crippen molar-refractivity contribution in [2.75, 3.05) is 9.80 Å². The monoisotopic (exact) mass is 862 g/mol. The van der Waals surface area contributed by atoms with E-state index in [4.69, 9.17) is 9.72 Å². The van der Waals surface area contributed by atoms with Gasteiger partial charge in [0.05, 0.1) is 5.52 Å². The minimum absolute atomic E-state index is 0. The number of benzene rings is 5. The van der Waals surface area contributed by atoms with E-state index >= 15 is 0 Å². The Morgan fingerprint density at radius 3 is 2.18 bits per heavy atom. The SMILES string of the molecule is CC(C)c1cccc(C(C)C)c1N1C=CN(c2[c-]c(Oc3[c-]c4c(cc3)c3ccc5sc6ccccc6c5c3n4-c3ccccn3)ccc2)[CH-]1.[Pt]. The third-order valence-electron chi connectivity index (χ3n) is 9.52. The number of aromatic nitrogens is 2. The van der Waals surface area contributed by atoms with Gasteiger partial charge in [0.2, 0.25) is 0 Å². The van der Waals surface area contributed by atoms with Crippen LogP contribution in [-0.4, -0.2) is 9.55 Å². The predicted molar refractivity (Wildman–Crippen MR) is 209 cm³/mol. The number of thiophene rings is 1. The van der Waals surface area contributed by atoms with Gasteiger partial charge in [-0.25, -0.2) is 4.98 Å². The van der Waals surface area contributed by atoms with Crippen molar-refractivity contribution in [2.45, 2.75) is 39.5 Å². The third kappa shape index (κ3) is 5.71. The van der Waals surface area contributed by atoms with Gasteiger partial charge in [-0.1, -0.05) is 81.7 Å². The molecule has 0 amide bonds. The van der Waals surface area contributed by atoms with Gasteiger partial charge in [-0.15, -0.1) is 59.4 Å². The third-order valence-corrected chi connectivity index (χ3v) is 10.7. The zero-order valence-electron chi connectivity index (χ0n) is 28.7. The number of para-hydroxylation sites is 1. The van der Waals surface area contributed by atoms with Gasteiger partial charge < -0.3 is 19.1 Å². The minimum Gasteiger partial charge on any atom is -0.509 e. The van der Waals surface area contributed by atoms with E-state index in [1.807, 2.05) is 47.9 Å². The molecule has 9 rings (SSSR count). The number of hydrogen-bond acceptors (Lipinski definition) is 5. The average molecular weight is 863 g/mol. The summed E-state index contributed by atoms with van der Waals surface area (Å²) in [6.45, 7) is 11.1. The molecule has 0 bridgehead atoms. The van der Waals surface area contributed by atoms with E-state index in [0.717, 1.165) is 27.9 Å². The fourth-order valence-corrected chi connectivity index (χ4v) is 8.30. The Kier molecular flexibility index (Phi) is 8.69. The summed E-state index contributed by atoms with van der Waals surface area (Å²) in [7, 11) is 0. The van der Waals surface area contributed by atoms with E-state index in [-0.39, 0.29) is 21.1 Å². The number of fused-ring (bicyclic) bond motifs is 7. The molecule has 7 heteroatoms. The van der Waals surface area contributed by atoms with E-state index in [1.165, 1.54) is 42.4 Å². The quantitative estimate of drug-likeness (QED) is 0.150. The van der Waals surface area contributed by atoms with Crippen molar-refractivity contribution >= 4 is 64.7 Å². The maximum absolute atomic E-state index is 6.51. The zero-order valence-corrected chi connectivity index (χ0v) is 31.8. The summed E-state index contributed by atoms with van der Waals surface area (Å²) in [5, 5.41) is 4.76. The van der Waals surface area contributed by atoms with Crippen molar-refractivity contribution in [1.29, 1.82) is 0 Å². The maximum Gasteiger partial charge on any atom is 0.135 e. The molecule has 8 aromatic rings. The van der Waals surface area contributed by atoms with Gasteiger partial charge in [0, 0.05) is 64.6 Å². The topological polar surface area (TPSA) is 33.5 Å². The van der Waals surface area contributed by atoms with Crippen molar-refractivity contribution in [2.24, 2.45) is 0 Å². The summed E-state index contributed by atoms with van der Waals surface area (Å²) >= 11 is 1.82. The average Bonchev–Trinajstić information content (AvgIpc) is 3.86. The molecule has 5 aromatic carbocycles. The van der Waals surface area contributed by atoms with Crippen LogP contribution >= 0.6 is 11.3 Å². The first-order valence-corrected chi connectivity index (χ1v) is 17.9. The van der Waals surface area contributed by atoms with Crippen LogP contribution in [0.4, 0.5) is 11.4 Å². The molecule has 0 spiro atoms. The molecule has 0 aliphatic carbocycles. The number of pyridine rings is 1. The van der Waals surface area contributed by atoms with E-state index in [1.54, 1.807) is 0 Å². The molecule has 3 aromatic heterocycles. The van der Waals surface area contributed by atoms with Gasteiger partial charge in [0.15, 0.2) is 0 Å². The maximum atomic E-state index is 6.51. The van der Waals surface area contributed by atoms with Crippen LogP contribution in [0.25, 0.3) is 47.8 Å². The number of nitrogens with zero attached hydrogens (tertiary/aromatic N) is 4. The summed E-state index contributed by atoms with van der Waals surface area (Å²) in [5.74, 6) is 2.90. The van der Waals surface area contributed by atoms with Crippen molar-refractivity contribution in [3.8, 4) is 17.3 Å². The van der Waals surface area contributed by atoms with Crippen LogP contribution in [0, 0.1) is 18.8 Å². The second kappa shape index (κ2) is 13.3. The van der Waals surface area contributed by atoms with E-state index in [0.29, 0.717) is 23.3 Å². The van der Waals surface area contributed by atoms with Gasteiger partial charge in [0.25, 0.3) is 0 Å². The summed E-state index contributed by atoms with van der Waals surface area (Å²) in [6, 6.07) is 43.1. The first-order valence-electron chi connectivity index (χ1n) is 17.1. The Morgan fingerprint density at radius 1 is 0.667 bits per heavy atom. The van der Waals surface area contributed by atoms with Crippen molar-refractivity contribution in [3.05, 3.63) is 152 Å². The molecule has 51 heavy (non-hydrogen) atoms. The van der Waals surface area contributed by atoms with Crippen LogP contribution in [0.5, 0.6) is 11.5 Å². The number of anilines is 2. The van der Waals surface area contributed by atoms with E-state index in [9.17, 15) is 0 Å². The first kappa shape index (κ1) is 33.3. The van der Waals surface area contributed by atoms with Gasteiger partial charge in [-0.2, -0.15) is 12.1 Å². The molecule has 0 radical (unpaired) electrons. The van der Waals surface area contributed by atoms with Crippen LogP contribution in [0.3, 0.4) is 0 Å². The normalized spacial score (nSPS) is 13.1. The molecule has 0 saturated carbocycles. The van der Waals surface area contributed by atoms with Gasteiger partial charge in [0.1, 0.15) is 5.82 Å². The second-order valence-electron chi connectivity index (χ2n) is 13.4. The molecule has 5 nitrogen and oxygen atoms in total. The van der Waals surface area contributed by atoms with E-state index < -0.39 is 0 Å². The molecule has 0 unspecified atom stereocenters. The van der Waals surface area contributed by atoms with Crippen LogP contribution in [0.2, 0.25) is 0 Å². The zero-order chi connectivity index (χ0) is 33.9. The van der Waals surface area contributed by atoms with Crippen molar-refractivity contribution in [1.82, 2.24) is 9.55 Å². The fourth-order valence-electron chi connectivity index (χ4n) is 7.20. The largest absolute Gasteiger partial charge is 0.509 e. The van der Waals surface area contributed by atoms with Gasteiger partial charge in [-0.05, 0) is 65.0 Å². The molecule has 1 aliphatic heterocycles. The standard InChI is InChI=1S/C44H35N4OS.Pt/c1-28(2)33-14-10-15-34(29(3)4)43(33)47-24-23-46(27-47)30-11-9-12-31(25-30)49-32-18-19-35-36-20-21-40-42(37-13-5-6-16-39(37)50-40)44(36)48(38(35)26-32)41-17-7-8-22-45-41;/h5-24,27-29H,1-4H3;/q-3;. The van der Waals surface area contributed by atoms with Crippen LogP contribution < -0.4 is 14.5 Å². The molecule has 1 aliphatic rings. The Balaban J connectivity index is 0.00000374. The molecule has 256 valence electrons. The Hall–Kier alpha value is -4.90. The van der Waals surface area contributed by atoms with Crippen molar-refractivity contribution in [3.63, 3.8) is 0 Å². The Bertz CT molecular complexity index is 2560. The summed E-state index contributed by atoms with van der Waals surface area (Å²) in [5.41, 5.74) is 6.87. The Labute approximate surface area is 316 Å². The van der Waals surface area contributed by atoms with E-state index in [2.05, 4.69) is 146 Å². The number of hydrogen-bond donors (Lipinski definition) is 0. The summed E-state index contributed by atoms with van der Waals surface area (Å²) in [4.78, 5) is 9.13. The molecular formula is C44H35N4OPtS-3.